The summed E-state index contributed by atoms with van der Waals surface area (Å²) in [4.78, 5) is 10.8. The summed E-state index contributed by atoms with van der Waals surface area (Å²) in [5.74, 6) is -1.19. The normalized spacial score (nSPS) is 11.1. The molecule has 1 N–H and O–H groups in total. The summed E-state index contributed by atoms with van der Waals surface area (Å²) < 4.78 is 29.0. The highest BCUT2D eigenvalue weighted by molar-refractivity contribution is 7.87. The molecule has 5 nitrogen and oxygen atoms in total. The van der Waals surface area contributed by atoms with Crippen LogP contribution in [0.4, 0.5) is 0 Å². The fourth-order valence-corrected chi connectivity index (χ4v) is 2.48. The van der Waals surface area contributed by atoms with Crippen LogP contribution in [0.5, 0.6) is 5.75 Å². The molecule has 6 heteroatoms. The Hall–Kier alpha value is -2.34. The molecule has 2 rings (SSSR count). The monoisotopic (exact) mass is 292 g/mol. The highest BCUT2D eigenvalue weighted by atomic mass is 32.2. The van der Waals surface area contributed by atoms with Crippen LogP contribution in [-0.4, -0.2) is 19.5 Å². The van der Waals surface area contributed by atoms with E-state index < -0.39 is 16.1 Å². The van der Waals surface area contributed by atoms with Crippen molar-refractivity contribution >= 4 is 16.1 Å². The summed E-state index contributed by atoms with van der Waals surface area (Å²) in [5, 5.41) is 8.85. The summed E-state index contributed by atoms with van der Waals surface area (Å²) in [6.07, 6.45) is 0. The molecule has 20 heavy (non-hydrogen) atoms. The van der Waals surface area contributed by atoms with Crippen LogP contribution in [0.15, 0.2) is 53.4 Å². The summed E-state index contributed by atoms with van der Waals surface area (Å²) in [6, 6.07) is 11.5. The van der Waals surface area contributed by atoms with Gasteiger partial charge in [0.2, 0.25) is 0 Å². The van der Waals surface area contributed by atoms with Gasteiger partial charge in [0, 0.05) is 0 Å². The molecule has 0 amide bonds. The molecule has 0 atom stereocenters. The van der Waals surface area contributed by atoms with Crippen LogP contribution in [0.25, 0.3) is 0 Å². The van der Waals surface area contributed by atoms with Gasteiger partial charge in [-0.15, -0.1) is 0 Å². The molecule has 0 radical (unpaired) electrons. The van der Waals surface area contributed by atoms with Gasteiger partial charge >= 0.3 is 16.1 Å². The molecule has 0 saturated carbocycles. The fourth-order valence-electron chi connectivity index (χ4n) is 1.56. The van der Waals surface area contributed by atoms with Crippen LogP contribution in [0.1, 0.15) is 15.9 Å². The van der Waals surface area contributed by atoms with Gasteiger partial charge in [-0.2, -0.15) is 8.42 Å². The molecule has 0 fully saturated rings. The van der Waals surface area contributed by atoms with Gasteiger partial charge in [-0.25, -0.2) is 4.79 Å². The number of carbonyl (C=O) groups is 1. The number of aromatic carboxylic acids is 1. The van der Waals surface area contributed by atoms with E-state index in [0.29, 0.717) is 0 Å². The highest BCUT2D eigenvalue weighted by Crippen LogP contribution is 2.20. The van der Waals surface area contributed by atoms with E-state index >= 15 is 0 Å². The van der Waals surface area contributed by atoms with E-state index in [4.69, 9.17) is 9.29 Å². The molecule has 0 saturated heterocycles. The van der Waals surface area contributed by atoms with Crippen LogP contribution in [0.3, 0.4) is 0 Å². The lowest BCUT2D eigenvalue weighted by atomic mass is 10.2. The highest BCUT2D eigenvalue weighted by Gasteiger charge is 2.17. The molecule has 2 aromatic carbocycles. The third-order valence-electron chi connectivity index (χ3n) is 2.60. The van der Waals surface area contributed by atoms with Gasteiger partial charge in [0.05, 0.1) is 5.56 Å². The molecule has 0 aliphatic heterocycles. The minimum absolute atomic E-state index is 0.0174. The number of rotatable bonds is 4. The maximum absolute atomic E-state index is 12.0. The molecule has 0 bridgehead atoms. The first-order chi connectivity index (χ1) is 9.38. The van der Waals surface area contributed by atoms with Crippen molar-refractivity contribution in [2.45, 2.75) is 11.8 Å². The maximum Gasteiger partial charge on any atom is 0.339 e. The molecule has 0 aromatic heterocycles. The number of hydrogen-bond donors (Lipinski definition) is 1. The summed E-state index contributed by atoms with van der Waals surface area (Å²) in [7, 11) is -3.97. The van der Waals surface area contributed by atoms with E-state index in [0.717, 1.165) is 11.6 Å². The Morgan fingerprint density at radius 1 is 1.10 bits per heavy atom. The Bertz CT molecular complexity index is 732. The van der Waals surface area contributed by atoms with Gasteiger partial charge in [0.25, 0.3) is 0 Å². The van der Waals surface area contributed by atoms with Crippen LogP contribution < -0.4 is 4.18 Å². The lowest BCUT2D eigenvalue weighted by Crippen LogP contribution is -2.10. The Morgan fingerprint density at radius 3 is 2.35 bits per heavy atom. The minimum Gasteiger partial charge on any atom is -0.478 e. The SMILES string of the molecule is Cc1ccc(S(=O)(=O)Oc2cccc(C(=O)O)c2)cc1. The van der Waals surface area contributed by atoms with Crippen molar-refractivity contribution < 1.29 is 22.5 Å². The minimum atomic E-state index is -3.97. The van der Waals surface area contributed by atoms with Gasteiger partial charge in [-0.1, -0.05) is 23.8 Å². The first kappa shape index (κ1) is 14.1. The van der Waals surface area contributed by atoms with E-state index in [-0.39, 0.29) is 16.2 Å². The molecule has 0 aliphatic carbocycles. The van der Waals surface area contributed by atoms with Crippen molar-refractivity contribution in [3.63, 3.8) is 0 Å². The summed E-state index contributed by atoms with van der Waals surface area (Å²) >= 11 is 0. The lowest BCUT2D eigenvalue weighted by Gasteiger charge is -2.07. The summed E-state index contributed by atoms with van der Waals surface area (Å²) in [5.41, 5.74) is 0.887. The molecule has 2 aromatic rings. The average molecular weight is 292 g/mol. The second kappa shape index (κ2) is 5.34. The summed E-state index contributed by atoms with van der Waals surface area (Å²) in [6.45, 7) is 1.84. The van der Waals surface area contributed by atoms with Crippen molar-refractivity contribution in [1.82, 2.24) is 0 Å². The number of hydrogen-bond acceptors (Lipinski definition) is 4. The third-order valence-corrected chi connectivity index (χ3v) is 3.86. The number of benzene rings is 2. The maximum atomic E-state index is 12.0. The van der Waals surface area contributed by atoms with Crippen LogP contribution in [0.2, 0.25) is 0 Å². The lowest BCUT2D eigenvalue weighted by molar-refractivity contribution is 0.0696. The van der Waals surface area contributed by atoms with Gasteiger partial charge in [-0.3, -0.25) is 0 Å². The molecular weight excluding hydrogens is 280 g/mol. The Labute approximate surface area is 116 Å². The topological polar surface area (TPSA) is 80.7 Å². The molecule has 0 unspecified atom stereocenters. The van der Waals surface area contributed by atoms with Crippen molar-refractivity contribution in [3.05, 3.63) is 59.7 Å². The van der Waals surface area contributed by atoms with E-state index in [1.165, 1.54) is 30.3 Å². The van der Waals surface area contributed by atoms with Gasteiger partial charge in [0.1, 0.15) is 10.6 Å². The van der Waals surface area contributed by atoms with Crippen LogP contribution in [-0.2, 0) is 10.1 Å². The number of carboxylic acids is 1. The van der Waals surface area contributed by atoms with Crippen molar-refractivity contribution in [3.8, 4) is 5.75 Å². The molecule has 0 aliphatic rings. The first-order valence-electron chi connectivity index (χ1n) is 5.73. The predicted octanol–water partition coefficient (Wildman–Crippen LogP) is 2.46. The largest absolute Gasteiger partial charge is 0.478 e. The first-order valence-corrected chi connectivity index (χ1v) is 7.14. The van der Waals surface area contributed by atoms with Gasteiger partial charge in [0.15, 0.2) is 0 Å². The van der Waals surface area contributed by atoms with E-state index in [1.54, 1.807) is 12.1 Å². The molecule has 0 heterocycles. The molecule has 0 spiro atoms. The van der Waals surface area contributed by atoms with E-state index in [2.05, 4.69) is 0 Å². The quantitative estimate of drug-likeness (QED) is 0.875. The van der Waals surface area contributed by atoms with E-state index in [9.17, 15) is 13.2 Å². The van der Waals surface area contributed by atoms with E-state index in [1.807, 2.05) is 6.92 Å². The Morgan fingerprint density at radius 2 is 1.75 bits per heavy atom. The van der Waals surface area contributed by atoms with Crippen LogP contribution in [0, 0.1) is 6.92 Å². The fraction of sp³-hybridized carbons (Fsp3) is 0.0714. The Balaban J connectivity index is 2.31. The zero-order valence-electron chi connectivity index (χ0n) is 10.6. The average Bonchev–Trinajstić information content (AvgIpc) is 2.39. The standard InChI is InChI=1S/C14H12O5S/c1-10-5-7-13(8-6-10)20(17,18)19-12-4-2-3-11(9-12)14(15)16/h2-9H,1H3,(H,15,16). The predicted molar refractivity (Wildman–Crippen MR) is 72.4 cm³/mol. The smallest absolute Gasteiger partial charge is 0.339 e. The Kier molecular flexibility index (Phi) is 3.76. The van der Waals surface area contributed by atoms with Crippen molar-refractivity contribution in [2.24, 2.45) is 0 Å². The molecular formula is C14H12O5S. The van der Waals surface area contributed by atoms with Crippen LogP contribution >= 0.6 is 0 Å². The number of carboxylic acid groups (broad SMARTS) is 1. The third kappa shape index (κ3) is 3.16. The van der Waals surface area contributed by atoms with Crippen molar-refractivity contribution in [2.75, 3.05) is 0 Å². The van der Waals surface area contributed by atoms with Crippen molar-refractivity contribution in [1.29, 1.82) is 0 Å². The van der Waals surface area contributed by atoms with Gasteiger partial charge in [-0.05, 0) is 37.3 Å². The van der Waals surface area contributed by atoms with Gasteiger partial charge < -0.3 is 9.29 Å². The molecule has 104 valence electrons. The second-order valence-electron chi connectivity index (χ2n) is 4.18. The zero-order chi connectivity index (χ0) is 14.8. The zero-order valence-corrected chi connectivity index (χ0v) is 11.4. The second-order valence-corrected chi connectivity index (χ2v) is 5.73. The number of aryl methyl sites for hydroxylation is 1.